The number of likely N-dealkylation sites (tertiary alicyclic amines) is 1. The zero-order chi connectivity index (χ0) is 25.9. The first-order valence-electron chi connectivity index (χ1n) is 11.6. The number of rotatable bonds is 7. The molecule has 1 N–H and O–H groups in total. The topological polar surface area (TPSA) is 95.0 Å². The first-order valence-corrected chi connectivity index (χ1v) is 11.6. The number of hydrogen-bond acceptors (Lipinski definition) is 8. The Bertz CT molecular complexity index is 1040. The summed E-state index contributed by atoms with van der Waals surface area (Å²) in [4.78, 5) is 22.8. The Hall–Kier alpha value is -3.12. The number of carbonyl (C=O) groups is 1. The first-order chi connectivity index (χ1) is 17.0. The van der Waals surface area contributed by atoms with Crippen molar-refractivity contribution in [3.8, 4) is 5.88 Å². The van der Waals surface area contributed by atoms with Crippen LogP contribution in [0.15, 0.2) is 36.5 Å². The monoisotopic (exact) mass is 510 g/mol. The van der Waals surface area contributed by atoms with Crippen LogP contribution in [0.25, 0.3) is 0 Å². The van der Waals surface area contributed by atoms with Crippen molar-refractivity contribution in [2.45, 2.75) is 57.4 Å². The smallest absolute Gasteiger partial charge is 0.416 e. The molecule has 0 spiro atoms. The van der Waals surface area contributed by atoms with Crippen LogP contribution < -0.4 is 10.1 Å². The molecule has 9 nitrogen and oxygen atoms in total. The van der Waals surface area contributed by atoms with Crippen LogP contribution in [-0.4, -0.2) is 71.1 Å². The van der Waals surface area contributed by atoms with Crippen molar-refractivity contribution in [2.75, 3.05) is 31.6 Å². The molecule has 4 rings (SSSR count). The van der Waals surface area contributed by atoms with Gasteiger partial charge in [-0.2, -0.15) is 18.2 Å². The highest BCUT2D eigenvalue weighted by molar-refractivity contribution is 5.69. The van der Waals surface area contributed by atoms with E-state index < -0.39 is 35.6 Å². The number of anilines is 1. The molecule has 0 saturated carbocycles. The molecule has 2 aromatic rings. The van der Waals surface area contributed by atoms with E-state index in [1.54, 1.807) is 33.0 Å². The maximum absolute atomic E-state index is 12.9. The van der Waals surface area contributed by atoms with E-state index in [0.717, 1.165) is 12.1 Å². The molecule has 196 valence electrons. The van der Waals surface area contributed by atoms with Gasteiger partial charge in [0.05, 0.1) is 44.1 Å². The summed E-state index contributed by atoms with van der Waals surface area (Å²) in [6.07, 6.45) is -3.88. The molecule has 0 bridgehead atoms. The number of alkyl halides is 3. The third-order valence-electron chi connectivity index (χ3n) is 5.50. The Morgan fingerprint density at radius 3 is 2.47 bits per heavy atom. The number of carbonyl (C=O) groups excluding carboxylic acids is 1. The normalized spacial score (nSPS) is 20.7. The number of ether oxygens (including phenoxy) is 4. The number of halogens is 3. The molecule has 1 aromatic carbocycles. The van der Waals surface area contributed by atoms with Crippen molar-refractivity contribution < 1.29 is 36.9 Å². The summed E-state index contributed by atoms with van der Waals surface area (Å²) in [5.41, 5.74) is -0.818. The number of amides is 1. The van der Waals surface area contributed by atoms with E-state index in [-0.39, 0.29) is 25.8 Å². The van der Waals surface area contributed by atoms with Gasteiger partial charge in [0.25, 0.3) is 0 Å². The molecule has 3 heterocycles. The van der Waals surface area contributed by atoms with Crippen molar-refractivity contribution in [2.24, 2.45) is 0 Å². The second kappa shape index (κ2) is 10.5. The zero-order valence-corrected chi connectivity index (χ0v) is 20.2. The lowest BCUT2D eigenvalue weighted by atomic mass is 10.1. The van der Waals surface area contributed by atoms with E-state index in [1.807, 2.05) is 0 Å². The van der Waals surface area contributed by atoms with E-state index in [9.17, 15) is 18.0 Å². The molecule has 0 aliphatic carbocycles. The Morgan fingerprint density at radius 1 is 1.14 bits per heavy atom. The Labute approximate surface area is 206 Å². The molecule has 0 radical (unpaired) electrons. The van der Waals surface area contributed by atoms with Gasteiger partial charge < -0.3 is 29.2 Å². The summed E-state index contributed by atoms with van der Waals surface area (Å²) in [7, 11) is 0. The van der Waals surface area contributed by atoms with Gasteiger partial charge in [-0.15, -0.1) is 0 Å². The van der Waals surface area contributed by atoms with E-state index in [2.05, 4.69) is 15.3 Å². The minimum Gasteiger partial charge on any atom is -0.469 e. The summed E-state index contributed by atoms with van der Waals surface area (Å²) >= 11 is 0. The van der Waals surface area contributed by atoms with Crippen LogP contribution in [0, 0.1) is 0 Å². The van der Waals surface area contributed by atoms with Gasteiger partial charge in [-0.25, -0.2) is 9.78 Å². The lowest BCUT2D eigenvalue weighted by Gasteiger charge is -2.26. The Kier molecular flexibility index (Phi) is 7.55. The first kappa shape index (κ1) is 26.0. The molecule has 2 fully saturated rings. The maximum atomic E-state index is 12.9. The number of benzene rings is 1. The summed E-state index contributed by atoms with van der Waals surface area (Å²) in [5.74, 6) is 0.692. The molecule has 2 aliphatic rings. The van der Waals surface area contributed by atoms with Gasteiger partial charge in [0.2, 0.25) is 11.8 Å². The van der Waals surface area contributed by atoms with Crippen LogP contribution in [0.4, 0.5) is 23.9 Å². The molecule has 1 amide bonds. The van der Waals surface area contributed by atoms with Crippen molar-refractivity contribution in [1.82, 2.24) is 14.9 Å². The summed E-state index contributed by atoms with van der Waals surface area (Å²) in [6.45, 7) is 6.89. The van der Waals surface area contributed by atoms with Crippen LogP contribution in [-0.2, 0) is 27.0 Å². The molecule has 12 heteroatoms. The highest BCUT2D eigenvalue weighted by Gasteiger charge is 2.38. The van der Waals surface area contributed by atoms with E-state index in [1.165, 1.54) is 17.0 Å². The Morgan fingerprint density at radius 2 is 1.86 bits per heavy atom. The zero-order valence-electron chi connectivity index (χ0n) is 20.2. The predicted molar refractivity (Wildman–Crippen MR) is 123 cm³/mol. The highest BCUT2D eigenvalue weighted by Crippen LogP contribution is 2.29. The van der Waals surface area contributed by atoms with E-state index in [0.29, 0.717) is 30.6 Å². The summed E-state index contributed by atoms with van der Waals surface area (Å²) in [6, 6.07) is 6.03. The van der Waals surface area contributed by atoms with Crippen LogP contribution in [0.1, 0.15) is 31.9 Å². The average Bonchev–Trinajstić information content (AvgIpc) is 3.16. The van der Waals surface area contributed by atoms with E-state index in [4.69, 9.17) is 18.9 Å². The van der Waals surface area contributed by atoms with Crippen LogP contribution in [0.5, 0.6) is 5.88 Å². The minimum atomic E-state index is -4.41. The molecular formula is C24H29F3N4O5. The number of aromatic nitrogens is 2. The van der Waals surface area contributed by atoms with E-state index >= 15 is 0 Å². The highest BCUT2D eigenvalue weighted by atomic mass is 19.4. The van der Waals surface area contributed by atoms with Gasteiger partial charge in [0.1, 0.15) is 11.7 Å². The van der Waals surface area contributed by atoms with Crippen molar-refractivity contribution in [3.05, 3.63) is 47.7 Å². The fourth-order valence-electron chi connectivity index (χ4n) is 3.65. The largest absolute Gasteiger partial charge is 0.469 e. The lowest BCUT2D eigenvalue weighted by molar-refractivity contribution is -0.137. The molecule has 2 unspecified atom stereocenters. The van der Waals surface area contributed by atoms with Crippen molar-refractivity contribution in [1.29, 1.82) is 0 Å². The lowest BCUT2D eigenvalue weighted by Crippen LogP contribution is -2.39. The maximum Gasteiger partial charge on any atom is 0.416 e. The van der Waals surface area contributed by atoms with Crippen LogP contribution in [0.2, 0.25) is 0 Å². The van der Waals surface area contributed by atoms with Gasteiger partial charge in [-0.3, -0.25) is 0 Å². The summed E-state index contributed by atoms with van der Waals surface area (Å²) in [5, 5.41) is 3.20. The van der Waals surface area contributed by atoms with Gasteiger partial charge in [0, 0.05) is 18.8 Å². The second-order valence-corrected chi connectivity index (χ2v) is 9.68. The molecular weight excluding hydrogens is 481 g/mol. The van der Waals surface area contributed by atoms with Crippen molar-refractivity contribution >= 4 is 12.0 Å². The Balaban J connectivity index is 1.44. The molecule has 36 heavy (non-hydrogen) atoms. The van der Waals surface area contributed by atoms with Gasteiger partial charge in [-0.1, -0.05) is 12.1 Å². The number of hydrogen-bond donors (Lipinski definition) is 1. The average molecular weight is 511 g/mol. The third kappa shape index (κ3) is 6.97. The quantitative estimate of drug-likeness (QED) is 0.600. The van der Waals surface area contributed by atoms with Gasteiger partial charge >= 0.3 is 12.3 Å². The molecule has 2 saturated heterocycles. The molecule has 2 aliphatic heterocycles. The van der Waals surface area contributed by atoms with Crippen molar-refractivity contribution in [3.63, 3.8) is 0 Å². The minimum absolute atomic E-state index is 0.0540. The number of nitrogens with one attached hydrogen (secondary N) is 1. The third-order valence-corrected chi connectivity index (χ3v) is 5.50. The van der Waals surface area contributed by atoms with Gasteiger partial charge in [0.15, 0.2) is 0 Å². The van der Waals surface area contributed by atoms with Crippen LogP contribution >= 0.6 is 0 Å². The second-order valence-electron chi connectivity index (χ2n) is 9.68. The standard InChI is InChI=1S/C24H29F3N4O5/c1-23(2,3)36-22(32)31-10-18(29-21-28-9-8-20(30-21)35-17-13-33-14-17)19(11-31)34-12-15-4-6-16(7-5-15)24(25,26)27/h4-9,17-19H,10-14H2,1-3H3,(H,28,29,30). The van der Waals surface area contributed by atoms with Crippen LogP contribution in [0.3, 0.4) is 0 Å². The molecule has 2 atom stereocenters. The number of nitrogens with zero attached hydrogens (tertiary/aromatic N) is 3. The molecule has 1 aromatic heterocycles. The fraction of sp³-hybridized carbons (Fsp3) is 0.542. The predicted octanol–water partition coefficient (Wildman–Crippen LogP) is 3.89. The summed E-state index contributed by atoms with van der Waals surface area (Å²) < 4.78 is 60.9. The van der Waals surface area contributed by atoms with Gasteiger partial charge in [-0.05, 0) is 38.5 Å². The fourth-order valence-corrected chi connectivity index (χ4v) is 3.65. The SMILES string of the molecule is CC(C)(C)OC(=O)N1CC(Nc2nccc(OC3COC3)n2)C(OCc2ccc(C(F)(F)F)cc2)C1.